The van der Waals surface area contributed by atoms with Gasteiger partial charge in [0.15, 0.2) is 0 Å². The molecule has 0 radical (unpaired) electrons. The van der Waals surface area contributed by atoms with Gasteiger partial charge in [0.1, 0.15) is 0 Å². The summed E-state index contributed by atoms with van der Waals surface area (Å²) < 4.78 is 5.84. The van der Waals surface area contributed by atoms with Crippen LogP contribution >= 0.6 is 0 Å². The molecule has 0 aromatic carbocycles. The van der Waals surface area contributed by atoms with Gasteiger partial charge in [-0.2, -0.15) is 0 Å². The summed E-state index contributed by atoms with van der Waals surface area (Å²) in [6, 6.07) is 0.413. The molecular formula is C16H31N3O2. The second-order valence-corrected chi connectivity index (χ2v) is 6.66. The predicted molar refractivity (Wildman–Crippen MR) is 84.1 cm³/mol. The normalized spacial score (nSPS) is 34.0. The van der Waals surface area contributed by atoms with Gasteiger partial charge in [0.2, 0.25) is 5.91 Å². The van der Waals surface area contributed by atoms with Crippen LogP contribution < -0.4 is 11.1 Å². The Morgan fingerprint density at radius 1 is 1.38 bits per heavy atom. The molecule has 2 aliphatic rings. The Balaban J connectivity index is 1.93. The van der Waals surface area contributed by atoms with E-state index in [0.29, 0.717) is 12.1 Å². The van der Waals surface area contributed by atoms with Crippen molar-refractivity contribution in [2.45, 2.75) is 69.6 Å². The van der Waals surface area contributed by atoms with Crippen molar-refractivity contribution >= 4 is 5.91 Å². The van der Waals surface area contributed by atoms with Gasteiger partial charge in [0.25, 0.3) is 0 Å². The van der Waals surface area contributed by atoms with Crippen LogP contribution in [-0.2, 0) is 9.53 Å². The van der Waals surface area contributed by atoms with E-state index in [9.17, 15) is 4.79 Å². The summed E-state index contributed by atoms with van der Waals surface area (Å²) in [4.78, 5) is 14.3. The molecule has 2 rings (SSSR count). The van der Waals surface area contributed by atoms with Crippen molar-refractivity contribution in [1.29, 1.82) is 0 Å². The summed E-state index contributed by atoms with van der Waals surface area (Å²) in [6.45, 7) is 4.68. The molecule has 1 heterocycles. The Hall–Kier alpha value is -0.650. The average molecular weight is 297 g/mol. The highest BCUT2D eigenvalue weighted by Crippen LogP contribution is 2.31. The van der Waals surface area contributed by atoms with Crippen LogP contribution in [0.1, 0.15) is 51.9 Å². The molecule has 5 nitrogen and oxygen atoms in total. The number of nitrogens with zero attached hydrogens (tertiary/aromatic N) is 1. The zero-order chi connectivity index (χ0) is 15.3. The van der Waals surface area contributed by atoms with Crippen molar-refractivity contribution in [3.63, 3.8) is 0 Å². The standard InChI is InChI=1S/C16H31N3O2/c1-3-18-16(15(17)20)9-6-7-13(11-16)19(2)12-14-8-4-5-10-21-14/h13-14,18H,3-12H2,1-2H3,(H2,17,20). The molecule has 3 unspecified atom stereocenters. The highest BCUT2D eigenvalue weighted by atomic mass is 16.5. The minimum absolute atomic E-state index is 0.198. The average Bonchev–Trinajstić information content (AvgIpc) is 2.48. The number of ether oxygens (including phenoxy) is 1. The van der Waals surface area contributed by atoms with Gasteiger partial charge < -0.3 is 20.7 Å². The van der Waals surface area contributed by atoms with Crippen molar-refractivity contribution in [2.24, 2.45) is 5.73 Å². The highest BCUT2D eigenvalue weighted by Gasteiger charge is 2.41. The fraction of sp³-hybridized carbons (Fsp3) is 0.938. The molecule has 2 fully saturated rings. The van der Waals surface area contributed by atoms with Crippen LogP contribution in [0, 0.1) is 0 Å². The van der Waals surface area contributed by atoms with E-state index in [1.165, 1.54) is 12.8 Å². The van der Waals surface area contributed by atoms with E-state index in [1.54, 1.807) is 0 Å². The van der Waals surface area contributed by atoms with Crippen molar-refractivity contribution in [2.75, 3.05) is 26.7 Å². The molecule has 0 aromatic rings. The van der Waals surface area contributed by atoms with Gasteiger partial charge in [-0.1, -0.05) is 6.92 Å². The van der Waals surface area contributed by atoms with E-state index in [-0.39, 0.29) is 5.91 Å². The molecule has 5 heteroatoms. The van der Waals surface area contributed by atoms with Crippen LogP contribution in [0.2, 0.25) is 0 Å². The summed E-state index contributed by atoms with van der Waals surface area (Å²) >= 11 is 0. The SMILES string of the molecule is CCNC1(C(N)=O)CCCC(N(C)CC2CCCCO2)C1. The van der Waals surface area contributed by atoms with Gasteiger partial charge in [-0.3, -0.25) is 4.79 Å². The first-order valence-electron chi connectivity index (χ1n) is 8.44. The van der Waals surface area contributed by atoms with Gasteiger partial charge in [-0.25, -0.2) is 0 Å². The van der Waals surface area contributed by atoms with Crippen LogP contribution in [0.3, 0.4) is 0 Å². The number of hydrogen-bond acceptors (Lipinski definition) is 4. The van der Waals surface area contributed by atoms with Crippen molar-refractivity contribution in [3.8, 4) is 0 Å². The van der Waals surface area contributed by atoms with E-state index in [4.69, 9.17) is 10.5 Å². The topological polar surface area (TPSA) is 67.6 Å². The van der Waals surface area contributed by atoms with Crippen LogP contribution in [0.25, 0.3) is 0 Å². The first-order valence-corrected chi connectivity index (χ1v) is 8.44. The zero-order valence-corrected chi connectivity index (χ0v) is 13.6. The maximum atomic E-state index is 11.9. The number of rotatable bonds is 6. The van der Waals surface area contributed by atoms with Gasteiger partial charge in [-0.05, 0) is 58.5 Å². The molecule has 122 valence electrons. The Bertz CT molecular complexity index is 340. The fourth-order valence-corrected chi connectivity index (χ4v) is 3.85. The number of hydrogen-bond donors (Lipinski definition) is 2. The molecule has 0 aromatic heterocycles. The molecular weight excluding hydrogens is 266 g/mol. The van der Waals surface area contributed by atoms with Crippen molar-refractivity contribution in [3.05, 3.63) is 0 Å². The van der Waals surface area contributed by atoms with E-state index >= 15 is 0 Å². The number of carbonyl (C=O) groups excluding carboxylic acids is 1. The van der Waals surface area contributed by atoms with Crippen LogP contribution in [0.5, 0.6) is 0 Å². The van der Waals surface area contributed by atoms with E-state index in [1.807, 2.05) is 6.92 Å². The van der Waals surface area contributed by atoms with E-state index < -0.39 is 5.54 Å². The number of primary amides is 1. The second kappa shape index (κ2) is 7.56. The van der Waals surface area contributed by atoms with Gasteiger partial charge in [0.05, 0.1) is 11.6 Å². The van der Waals surface area contributed by atoms with Gasteiger partial charge in [0, 0.05) is 19.2 Å². The molecule has 1 saturated heterocycles. The van der Waals surface area contributed by atoms with Crippen molar-refractivity contribution < 1.29 is 9.53 Å². The summed E-state index contributed by atoms with van der Waals surface area (Å²) in [5.74, 6) is -0.198. The predicted octanol–water partition coefficient (Wildman–Crippen LogP) is 1.26. The molecule has 1 aliphatic carbocycles. The summed E-state index contributed by atoms with van der Waals surface area (Å²) in [6.07, 6.45) is 7.85. The van der Waals surface area contributed by atoms with Gasteiger partial charge in [-0.15, -0.1) is 0 Å². The third-order valence-electron chi connectivity index (χ3n) is 5.10. The summed E-state index contributed by atoms with van der Waals surface area (Å²) in [5, 5.41) is 3.35. The Morgan fingerprint density at radius 2 is 2.19 bits per heavy atom. The maximum Gasteiger partial charge on any atom is 0.237 e. The smallest absolute Gasteiger partial charge is 0.237 e. The monoisotopic (exact) mass is 297 g/mol. The fourth-order valence-electron chi connectivity index (χ4n) is 3.85. The molecule has 0 spiro atoms. The molecule has 0 bridgehead atoms. The molecule has 1 aliphatic heterocycles. The van der Waals surface area contributed by atoms with Crippen molar-refractivity contribution in [1.82, 2.24) is 10.2 Å². The zero-order valence-electron chi connectivity index (χ0n) is 13.6. The molecule has 21 heavy (non-hydrogen) atoms. The quantitative estimate of drug-likeness (QED) is 0.774. The van der Waals surface area contributed by atoms with E-state index in [2.05, 4.69) is 17.3 Å². The lowest BCUT2D eigenvalue weighted by Crippen LogP contribution is -2.60. The lowest BCUT2D eigenvalue weighted by molar-refractivity contribution is -0.126. The minimum Gasteiger partial charge on any atom is -0.377 e. The number of amides is 1. The Morgan fingerprint density at radius 3 is 2.81 bits per heavy atom. The third kappa shape index (κ3) is 4.18. The first-order chi connectivity index (χ1) is 10.1. The number of carbonyl (C=O) groups is 1. The van der Waals surface area contributed by atoms with Crippen LogP contribution in [-0.4, -0.2) is 55.2 Å². The minimum atomic E-state index is -0.515. The van der Waals surface area contributed by atoms with Crippen LogP contribution in [0.15, 0.2) is 0 Å². The highest BCUT2D eigenvalue weighted by molar-refractivity contribution is 5.84. The number of likely N-dealkylation sites (N-methyl/N-ethyl adjacent to an activating group) is 2. The van der Waals surface area contributed by atoms with E-state index in [0.717, 1.165) is 51.8 Å². The summed E-state index contributed by atoms with van der Waals surface area (Å²) in [7, 11) is 2.16. The Labute approximate surface area is 128 Å². The van der Waals surface area contributed by atoms with Crippen LogP contribution in [0.4, 0.5) is 0 Å². The van der Waals surface area contributed by atoms with Gasteiger partial charge >= 0.3 is 0 Å². The molecule has 1 amide bonds. The first kappa shape index (κ1) is 16.7. The second-order valence-electron chi connectivity index (χ2n) is 6.66. The molecule has 3 atom stereocenters. The number of nitrogens with two attached hydrogens (primary N) is 1. The maximum absolute atomic E-state index is 11.9. The largest absolute Gasteiger partial charge is 0.377 e. The summed E-state index contributed by atoms with van der Waals surface area (Å²) in [5.41, 5.74) is 5.18. The number of nitrogens with one attached hydrogen (secondary N) is 1. The molecule has 3 N–H and O–H groups in total. The third-order valence-corrected chi connectivity index (χ3v) is 5.10. The molecule has 1 saturated carbocycles. The Kier molecular flexibility index (Phi) is 6.02. The lowest BCUT2D eigenvalue weighted by atomic mass is 9.77. The lowest BCUT2D eigenvalue weighted by Gasteiger charge is -2.43.